The van der Waals surface area contributed by atoms with Crippen molar-refractivity contribution in [3.63, 3.8) is 0 Å². The van der Waals surface area contributed by atoms with Crippen LogP contribution in [0.5, 0.6) is 0 Å². The van der Waals surface area contributed by atoms with E-state index in [0.29, 0.717) is 44.8 Å². The van der Waals surface area contributed by atoms with Gasteiger partial charge in [-0.1, -0.05) is 0 Å². The molecular formula is C17H28ClN3O3. The van der Waals surface area contributed by atoms with E-state index >= 15 is 0 Å². The molecule has 6 nitrogen and oxygen atoms in total. The Labute approximate surface area is 148 Å². The Morgan fingerprint density at radius 3 is 2.50 bits per heavy atom. The van der Waals surface area contributed by atoms with Crippen molar-refractivity contribution in [1.82, 2.24) is 15.1 Å². The highest BCUT2D eigenvalue weighted by Crippen LogP contribution is 2.23. The van der Waals surface area contributed by atoms with Gasteiger partial charge in [-0.15, -0.1) is 11.6 Å². The fourth-order valence-electron chi connectivity index (χ4n) is 3.43. The maximum Gasteiger partial charge on any atom is 0.227 e. The molecule has 3 amide bonds. The van der Waals surface area contributed by atoms with Crippen LogP contribution < -0.4 is 5.32 Å². The zero-order valence-electron chi connectivity index (χ0n) is 14.6. The number of hydrogen-bond acceptors (Lipinski definition) is 3. The van der Waals surface area contributed by atoms with Crippen LogP contribution in [0.2, 0.25) is 0 Å². The number of alkyl halides is 1. The Morgan fingerprint density at radius 1 is 1.29 bits per heavy atom. The molecule has 0 aromatic rings. The Kier molecular flexibility index (Phi) is 6.90. The normalized spacial score (nSPS) is 22.3. The van der Waals surface area contributed by atoms with Crippen LogP contribution in [-0.4, -0.2) is 65.1 Å². The van der Waals surface area contributed by atoms with E-state index in [1.54, 1.807) is 4.90 Å². The van der Waals surface area contributed by atoms with Gasteiger partial charge in [-0.3, -0.25) is 14.4 Å². The minimum absolute atomic E-state index is 0.0365. The van der Waals surface area contributed by atoms with Gasteiger partial charge in [0, 0.05) is 50.4 Å². The fraction of sp³-hybridized carbons (Fsp3) is 0.824. The first-order valence-electron chi connectivity index (χ1n) is 8.86. The average Bonchev–Trinajstić information content (AvgIpc) is 2.95. The maximum absolute atomic E-state index is 12.6. The number of nitrogens with one attached hydrogen (secondary N) is 1. The standard InChI is InChI=1S/C17H28ClN3O3/c1-12(2)21-11-13(10-16(21)23)17(24)20-8-5-14(6-9-20)19-15(22)4-3-7-18/h12-14H,3-11H2,1-2H3,(H,19,22). The quantitative estimate of drug-likeness (QED) is 0.730. The summed E-state index contributed by atoms with van der Waals surface area (Å²) >= 11 is 5.59. The summed E-state index contributed by atoms with van der Waals surface area (Å²) in [5.41, 5.74) is 0. The van der Waals surface area contributed by atoms with E-state index in [1.807, 2.05) is 18.7 Å². The molecule has 1 atom stereocenters. The predicted octanol–water partition coefficient (Wildman–Crippen LogP) is 1.37. The van der Waals surface area contributed by atoms with Gasteiger partial charge >= 0.3 is 0 Å². The summed E-state index contributed by atoms with van der Waals surface area (Å²) < 4.78 is 0. The number of nitrogens with zero attached hydrogens (tertiary/aromatic N) is 2. The number of amides is 3. The third-order valence-electron chi connectivity index (χ3n) is 4.84. The second-order valence-electron chi connectivity index (χ2n) is 7.00. The molecule has 0 bridgehead atoms. The second-order valence-corrected chi connectivity index (χ2v) is 7.38. The Balaban J connectivity index is 1.77. The Bertz CT molecular complexity index is 476. The topological polar surface area (TPSA) is 69.7 Å². The summed E-state index contributed by atoms with van der Waals surface area (Å²) in [7, 11) is 0. The van der Waals surface area contributed by atoms with E-state index in [9.17, 15) is 14.4 Å². The second kappa shape index (κ2) is 8.70. The monoisotopic (exact) mass is 357 g/mol. The summed E-state index contributed by atoms with van der Waals surface area (Å²) in [5, 5.41) is 3.01. The lowest BCUT2D eigenvalue weighted by molar-refractivity contribution is -0.137. The summed E-state index contributed by atoms with van der Waals surface area (Å²) in [6, 6.07) is 0.276. The van der Waals surface area contributed by atoms with Gasteiger partial charge in [0.2, 0.25) is 17.7 Å². The van der Waals surface area contributed by atoms with Gasteiger partial charge in [0.05, 0.1) is 5.92 Å². The third-order valence-corrected chi connectivity index (χ3v) is 5.11. The molecule has 0 radical (unpaired) electrons. The van der Waals surface area contributed by atoms with Crippen LogP contribution in [-0.2, 0) is 14.4 Å². The Morgan fingerprint density at radius 2 is 1.96 bits per heavy atom. The SMILES string of the molecule is CC(C)N1CC(C(=O)N2CCC(NC(=O)CCCCl)CC2)CC1=O. The molecule has 2 saturated heterocycles. The van der Waals surface area contributed by atoms with Crippen LogP contribution in [0.15, 0.2) is 0 Å². The third kappa shape index (κ3) is 4.85. The van der Waals surface area contributed by atoms with Gasteiger partial charge in [0.15, 0.2) is 0 Å². The molecule has 7 heteroatoms. The number of halogens is 1. The number of likely N-dealkylation sites (tertiary alicyclic amines) is 2. The largest absolute Gasteiger partial charge is 0.353 e. The van der Waals surface area contributed by atoms with E-state index in [4.69, 9.17) is 11.6 Å². The van der Waals surface area contributed by atoms with Gasteiger partial charge < -0.3 is 15.1 Å². The number of carbonyl (C=O) groups is 3. The molecule has 24 heavy (non-hydrogen) atoms. The smallest absolute Gasteiger partial charge is 0.227 e. The molecule has 2 aliphatic rings. The van der Waals surface area contributed by atoms with Crippen molar-refractivity contribution in [1.29, 1.82) is 0 Å². The van der Waals surface area contributed by atoms with Gasteiger partial charge in [-0.25, -0.2) is 0 Å². The molecule has 2 heterocycles. The molecule has 1 unspecified atom stereocenters. The molecule has 2 rings (SSSR count). The lowest BCUT2D eigenvalue weighted by atomic mass is 10.0. The highest BCUT2D eigenvalue weighted by atomic mass is 35.5. The molecule has 1 N–H and O–H groups in total. The van der Waals surface area contributed by atoms with Crippen molar-refractivity contribution in [2.24, 2.45) is 5.92 Å². The number of rotatable bonds is 6. The van der Waals surface area contributed by atoms with E-state index in [1.165, 1.54) is 0 Å². The van der Waals surface area contributed by atoms with Crippen molar-refractivity contribution < 1.29 is 14.4 Å². The molecule has 0 saturated carbocycles. The molecule has 0 aliphatic carbocycles. The lowest BCUT2D eigenvalue weighted by Crippen LogP contribution is -2.48. The van der Waals surface area contributed by atoms with Crippen LogP contribution in [0.25, 0.3) is 0 Å². The van der Waals surface area contributed by atoms with Gasteiger partial charge in [0.25, 0.3) is 0 Å². The van der Waals surface area contributed by atoms with E-state index in [2.05, 4.69) is 5.32 Å². The van der Waals surface area contributed by atoms with Gasteiger partial charge in [-0.2, -0.15) is 0 Å². The summed E-state index contributed by atoms with van der Waals surface area (Å²) in [6.45, 7) is 5.77. The van der Waals surface area contributed by atoms with Crippen LogP contribution >= 0.6 is 11.6 Å². The zero-order valence-corrected chi connectivity index (χ0v) is 15.3. The zero-order chi connectivity index (χ0) is 17.7. The van der Waals surface area contributed by atoms with Crippen LogP contribution in [0.3, 0.4) is 0 Å². The first-order valence-corrected chi connectivity index (χ1v) is 9.39. The van der Waals surface area contributed by atoms with E-state index in [-0.39, 0.29) is 35.7 Å². The molecular weight excluding hydrogens is 330 g/mol. The van der Waals surface area contributed by atoms with Crippen molar-refractivity contribution in [3.8, 4) is 0 Å². The highest BCUT2D eigenvalue weighted by Gasteiger charge is 2.38. The lowest BCUT2D eigenvalue weighted by Gasteiger charge is -2.34. The molecule has 0 spiro atoms. The molecule has 2 fully saturated rings. The predicted molar refractivity (Wildman–Crippen MR) is 92.7 cm³/mol. The van der Waals surface area contributed by atoms with E-state index < -0.39 is 0 Å². The van der Waals surface area contributed by atoms with Gasteiger partial charge in [0.1, 0.15) is 0 Å². The average molecular weight is 358 g/mol. The molecule has 0 aromatic carbocycles. The number of piperidine rings is 1. The van der Waals surface area contributed by atoms with Crippen molar-refractivity contribution >= 4 is 29.3 Å². The van der Waals surface area contributed by atoms with Crippen LogP contribution in [0, 0.1) is 5.92 Å². The molecule has 2 aliphatic heterocycles. The number of carbonyl (C=O) groups excluding carboxylic acids is 3. The first-order chi connectivity index (χ1) is 11.4. The van der Waals surface area contributed by atoms with Crippen LogP contribution in [0.1, 0.15) is 46.0 Å². The van der Waals surface area contributed by atoms with Crippen molar-refractivity contribution in [2.45, 2.75) is 58.0 Å². The minimum Gasteiger partial charge on any atom is -0.353 e. The van der Waals surface area contributed by atoms with Crippen molar-refractivity contribution in [3.05, 3.63) is 0 Å². The molecule has 0 aromatic heterocycles. The molecule has 136 valence electrons. The minimum atomic E-state index is -0.213. The first kappa shape index (κ1) is 19.0. The number of hydrogen-bond donors (Lipinski definition) is 1. The summed E-state index contributed by atoms with van der Waals surface area (Å²) in [6.07, 6.45) is 3.01. The highest BCUT2D eigenvalue weighted by molar-refractivity contribution is 6.17. The van der Waals surface area contributed by atoms with Crippen molar-refractivity contribution in [2.75, 3.05) is 25.5 Å². The Hall–Kier alpha value is -1.30. The van der Waals surface area contributed by atoms with Crippen LogP contribution in [0.4, 0.5) is 0 Å². The fourth-order valence-corrected chi connectivity index (χ4v) is 3.56. The maximum atomic E-state index is 12.6. The van der Waals surface area contributed by atoms with Gasteiger partial charge in [-0.05, 0) is 33.1 Å². The summed E-state index contributed by atoms with van der Waals surface area (Å²) in [5.74, 6) is 0.473. The van der Waals surface area contributed by atoms with E-state index in [0.717, 1.165) is 12.8 Å². The summed E-state index contributed by atoms with van der Waals surface area (Å²) in [4.78, 5) is 40.0.